The molecule has 0 unspecified atom stereocenters. The van der Waals surface area contributed by atoms with Crippen molar-refractivity contribution in [2.45, 2.75) is 11.3 Å². The van der Waals surface area contributed by atoms with E-state index in [9.17, 15) is 8.42 Å². The second-order valence-electron chi connectivity index (χ2n) is 5.51. The Bertz CT molecular complexity index is 786. The van der Waals surface area contributed by atoms with Gasteiger partial charge in [-0.05, 0) is 49.4 Å². The Labute approximate surface area is 147 Å². The van der Waals surface area contributed by atoms with Crippen LogP contribution in [0.5, 0.6) is 11.5 Å². The molecule has 1 heterocycles. The van der Waals surface area contributed by atoms with Crippen molar-refractivity contribution in [2.75, 3.05) is 26.2 Å². The van der Waals surface area contributed by atoms with Crippen molar-refractivity contribution in [1.29, 1.82) is 0 Å². The Morgan fingerprint density at radius 3 is 2.50 bits per heavy atom. The number of sulfonamides is 1. The third-order valence-corrected chi connectivity index (χ3v) is 6.05. The van der Waals surface area contributed by atoms with Crippen molar-refractivity contribution in [1.82, 2.24) is 9.62 Å². The molecule has 0 atom stereocenters. The van der Waals surface area contributed by atoms with Gasteiger partial charge in [0.25, 0.3) is 0 Å². The zero-order chi connectivity index (χ0) is 17.0. The van der Waals surface area contributed by atoms with Gasteiger partial charge in [0.05, 0.1) is 9.92 Å². The van der Waals surface area contributed by atoms with Crippen LogP contribution in [0.3, 0.4) is 0 Å². The first-order valence-corrected chi connectivity index (χ1v) is 9.62. The smallest absolute Gasteiger partial charge is 0.243 e. The monoisotopic (exact) mass is 366 g/mol. The normalized spacial score (nSPS) is 16.5. The fourth-order valence-electron chi connectivity index (χ4n) is 2.54. The summed E-state index contributed by atoms with van der Waals surface area (Å²) >= 11 is 6.06. The summed E-state index contributed by atoms with van der Waals surface area (Å²) in [5, 5.41) is 3.71. The molecule has 7 heteroatoms. The van der Waals surface area contributed by atoms with Crippen molar-refractivity contribution in [3.63, 3.8) is 0 Å². The van der Waals surface area contributed by atoms with E-state index in [1.165, 1.54) is 4.31 Å². The van der Waals surface area contributed by atoms with Crippen LogP contribution in [0.25, 0.3) is 0 Å². The molecule has 1 aliphatic heterocycles. The molecular formula is C17H19ClN2O3S. The second kappa shape index (κ2) is 7.53. The summed E-state index contributed by atoms with van der Waals surface area (Å²) in [7, 11) is -3.47. The molecule has 1 N–H and O–H groups in total. The summed E-state index contributed by atoms with van der Waals surface area (Å²) < 4.78 is 32.6. The van der Waals surface area contributed by atoms with Gasteiger partial charge >= 0.3 is 0 Å². The van der Waals surface area contributed by atoms with Crippen LogP contribution in [0.15, 0.2) is 53.4 Å². The Kier molecular flexibility index (Phi) is 5.40. The number of hydrogen-bond donors (Lipinski definition) is 1. The van der Waals surface area contributed by atoms with Gasteiger partial charge in [-0.25, -0.2) is 8.42 Å². The van der Waals surface area contributed by atoms with E-state index in [1.54, 1.807) is 36.4 Å². The first kappa shape index (κ1) is 17.2. The molecule has 0 saturated carbocycles. The van der Waals surface area contributed by atoms with Crippen LogP contribution in [-0.4, -0.2) is 38.9 Å². The van der Waals surface area contributed by atoms with E-state index < -0.39 is 10.0 Å². The zero-order valence-electron chi connectivity index (χ0n) is 13.1. The number of para-hydroxylation sites is 1. The van der Waals surface area contributed by atoms with Gasteiger partial charge < -0.3 is 10.1 Å². The molecule has 1 fully saturated rings. The Hall–Kier alpha value is -1.60. The third-order valence-electron chi connectivity index (χ3n) is 3.83. The lowest BCUT2D eigenvalue weighted by Crippen LogP contribution is -2.34. The molecule has 24 heavy (non-hydrogen) atoms. The number of benzene rings is 2. The first-order chi connectivity index (χ1) is 11.6. The molecule has 2 aromatic rings. The standard InChI is InChI=1S/C17H19ClN2O3S/c18-16-4-1-2-5-17(16)23-14-6-8-15(9-7-14)24(21,22)20-12-3-10-19-11-13-20/h1-2,4-9,19H,3,10-13H2. The van der Waals surface area contributed by atoms with Crippen LogP contribution < -0.4 is 10.1 Å². The number of ether oxygens (including phenoxy) is 1. The summed E-state index contributed by atoms with van der Waals surface area (Å²) in [6, 6.07) is 13.6. The summed E-state index contributed by atoms with van der Waals surface area (Å²) in [5.74, 6) is 1.08. The van der Waals surface area contributed by atoms with E-state index in [0.717, 1.165) is 13.0 Å². The molecule has 5 nitrogen and oxygen atoms in total. The van der Waals surface area contributed by atoms with Gasteiger partial charge in [-0.15, -0.1) is 0 Å². The molecule has 128 valence electrons. The van der Waals surface area contributed by atoms with Crippen molar-refractivity contribution in [3.8, 4) is 11.5 Å². The van der Waals surface area contributed by atoms with Crippen molar-refractivity contribution >= 4 is 21.6 Å². The van der Waals surface area contributed by atoms with Gasteiger partial charge in [-0.1, -0.05) is 23.7 Å². The Morgan fingerprint density at radius 2 is 1.75 bits per heavy atom. The average molecular weight is 367 g/mol. The van der Waals surface area contributed by atoms with Gasteiger partial charge in [0, 0.05) is 19.6 Å². The topological polar surface area (TPSA) is 58.6 Å². The lowest BCUT2D eigenvalue weighted by molar-refractivity contribution is 0.431. The van der Waals surface area contributed by atoms with Crippen LogP contribution in [-0.2, 0) is 10.0 Å². The van der Waals surface area contributed by atoms with Crippen molar-refractivity contribution < 1.29 is 13.2 Å². The minimum atomic E-state index is -3.47. The lowest BCUT2D eigenvalue weighted by atomic mass is 10.3. The molecule has 0 aliphatic carbocycles. The number of hydrogen-bond acceptors (Lipinski definition) is 4. The highest BCUT2D eigenvalue weighted by atomic mass is 35.5. The molecule has 1 saturated heterocycles. The predicted octanol–water partition coefficient (Wildman–Crippen LogP) is 3.12. The number of rotatable bonds is 4. The van der Waals surface area contributed by atoms with Crippen molar-refractivity contribution in [2.24, 2.45) is 0 Å². The van der Waals surface area contributed by atoms with Crippen LogP contribution in [0.2, 0.25) is 5.02 Å². The molecule has 0 spiro atoms. The average Bonchev–Trinajstić information content (AvgIpc) is 2.87. The lowest BCUT2D eigenvalue weighted by Gasteiger charge is -2.19. The van der Waals surface area contributed by atoms with Crippen molar-refractivity contribution in [3.05, 3.63) is 53.6 Å². The Balaban J connectivity index is 1.77. The van der Waals surface area contributed by atoms with E-state index in [4.69, 9.17) is 16.3 Å². The number of nitrogens with one attached hydrogen (secondary N) is 1. The van der Waals surface area contributed by atoms with Gasteiger partial charge in [-0.2, -0.15) is 4.31 Å². The quantitative estimate of drug-likeness (QED) is 0.903. The minimum absolute atomic E-state index is 0.274. The molecule has 1 aliphatic rings. The van der Waals surface area contributed by atoms with Crippen LogP contribution in [0.1, 0.15) is 6.42 Å². The number of halogens is 1. The second-order valence-corrected chi connectivity index (χ2v) is 7.86. The third kappa shape index (κ3) is 3.89. The van der Waals surface area contributed by atoms with Gasteiger partial charge in [0.1, 0.15) is 11.5 Å². The maximum Gasteiger partial charge on any atom is 0.243 e. The van der Waals surface area contributed by atoms with Gasteiger partial charge in [-0.3, -0.25) is 0 Å². The minimum Gasteiger partial charge on any atom is -0.456 e. The molecule has 2 aromatic carbocycles. The number of nitrogens with zero attached hydrogens (tertiary/aromatic N) is 1. The summed E-state index contributed by atoms with van der Waals surface area (Å²) in [5.41, 5.74) is 0. The van der Waals surface area contributed by atoms with Crippen LogP contribution in [0, 0.1) is 0 Å². The molecule has 0 aromatic heterocycles. The summed E-state index contributed by atoms with van der Waals surface area (Å²) in [6.07, 6.45) is 0.812. The highest BCUT2D eigenvalue weighted by Gasteiger charge is 2.24. The molecule has 0 amide bonds. The molecule has 0 radical (unpaired) electrons. The summed E-state index contributed by atoms with van der Waals surface area (Å²) in [6.45, 7) is 2.54. The largest absolute Gasteiger partial charge is 0.456 e. The maximum absolute atomic E-state index is 12.7. The van der Waals surface area contributed by atoms with Gasteiger partial charge in [0.2, 0.25) is 10.0 Å². The van der Waals surface area contributed by atoms with Crippen LogP contribution in [0.4, 0.5) is 0 Å². The fourth-order valence-corrected chi connectivity index (χ4v) is 4.20. The first-order valence-electron chi connectivity index (χ1n) is 7.81. The fraction of sp³-hybridized carbons (Fsp3) is 0.294. The van der Waals surface area contributed by atoms with Crippen LogP contribution >= 0.6 is 11.6 Å². The molecule has 3 rings (SSSR count). The van der Waals surface area contributed by atoms with E-state index in [-0.39, 0.29) is 4.90 Å². The Morgan fingerprint density at radius 1 is 1.00 bits per heavy atom. The predicted molar refractivity (Wildman–Crippen MR) is 94.2 cm³/mol. The molecular weight excluding hydrogens is 348 g/mol. The van der Waals surface area contributed by atoms with E-state index >= 15 is 0 Å². The highest BCUT2D eigenvalue weighted by Crippen LogP contribution is 2.29. The summed E-state index contributed by atoms with van der Waals surface area (Å²) in [4.78, 5) is 0.274. The molecule has 0 bridgehead atoms. The zero-order valence-corrected chi connectivity index (χ0v) is 14.7. The SMILES string of the molecule is O=S(=O)(c1ccc(Oc2ccccc2Cl)cc1)N1CCCNCC1. The van der Waals surface area contributed by atoms with E-state index in [0.29, 0.717) is 36.2 Å². The highest BCUT2D eigenvalue weighted by molar-refractivity contribution is 7.89. The van der Waals surface area contributed by atoms with E-state index in [1.807, 2.05) is 12.1 Å². The van der Waals surface area contributed by atoms with Gasteiger partial charge in [0.15, 0.2) is 0 Å². The van der Waals surface area contributed by atoms with E-state index in [2.05, 4.69) is 5.32 Å². The maximum atomic E-state index is 12.7.